The molecule has 0 bridgehead atoms. The molecular weight excluding hydrogens is 210 g/mol. The highest BCUT2D eigenvalue weighted by molar-refractivity contribution is 5.75. The first-order valence-electron chi connectivity index (χ1n) is 6.57. The Hall–Kier alpha value is -1.35. The van der Waals surface area contributed by atoms with Crippen LogP contribution in [0.3, 0.4) is 0 Å². The van der Waals surface area contributed by atoms with Crippen LogP contribution in [0, 0.1) is 0 Å². The lowest BCUT2D eigenvalue weighted by Gasteiger charge is -2.11. The van der Waals surface area contributed by atoms with Gasteiger partial charge in [-0.25, -0.2) is 4.98 Å². The molecule has 1 aliphatic carbocycles. The summed E-state index contributed by atoms with van der Waals surface area (Å²) in [6.45, 7) is 1.09. The second-order valence-electron chi connectivity index (χ2n) is 4.94. The van der Waals surface area contributed by atoms with Crippen LogP contribution in [0.15, 0.2) is 24.5 Å². The van der Waals surface area contributed by atoms with Crippen molar-refractivity contribution in [2.75, 3.05) is 6.54 Å². The summed E-state index contributed by atoms with van der Waals surface area (Å²) < 4.78 is 0. The van der Waals surface area contributed by atoms with Crippen LogP contribution in [0.5, 0.6) is 0 Å². The lowest BCUT2D eigenvalue weighted by molar-refractivity contribution is 0.528. The van der Waals surface area contributed by atoms with Gasteiger partial charge in [0, 0.05) is 6.04 Å². The highest BCUT2D eigenvalue weighted by Crippen LogP contribution is 2.17. The molecule has 0 unspecified atom stereocenters. The van der Waals surface area contributed by atoms with Crippen LogP contribution in [-0.4, -0.2) is 22.6 Å². The van der Waals surface area contributed by atoms with E-state index in [1.165, 1.54) is 31.2 Å². The van der Waals surface area contributed by atoms with Gasteiger partial charge in [0.1, 0.15) is 0 Å². The fourth-order valence-corrected chi connectivity index (χ4v) is 2.69. The van der Waals surface area contributed by atoms with E-state index in [2.05, 4.69) is 33.5 Å². The Morgan fingerprint density at radius 2 is 2.18 bits per heavy atom. The minimum atomic E-state index is 0.769. The second-order valence-corrected chi connectivity index (χ2v) is 4.94. The molecule has 3 nitrogen and oxygen atoms in total. The largest absolute Gasteiger partial charge is 0.345 e. The molecule has 1 saturated carbocycles. The van der Waals surface area contributed by atoms with E-state index in [1.54, 1.807) is 6.33 Å². The molecule has 0 atom stereocenters. The monoisotopic (exact) mass is 229 g/mol. The average Bonchev–Trinajstić information content (AvgIpc) is 2.98. The Bertz CT molecular complexity index is 483. The SMILES string of the molecule is c1nc2ccc(CCNC3CCCC3)cc2[nH]1. The topological polar surface area (TPSA) is 40.7 Å². The Morgan fingerprint density at radius 3 is 3.06 bits per heavy atom. The molecule has 90 valence electrons. The van der Waals surface area contributed by atoms with Crippen molar-refractivity contribution in [3.63, 3.8) is 0 Å². The Labute approximate surface area is 102 Å². The number of H-pyrrole nitrogens is 1. The van der Waals surface area contributed by atoms with Gasteiger partial charge in [0.25, 0.3) is 0 Å². The van der Waals surface area contributed by atoms with E-state index in [0.29, 0.717) is 0 Å². The van der Waals surface area contributed by atoms with Gasteiger partial charge in [-0.2, -0.15) is 0 Å². The van der Waals surface area contributed by atoms with Gasteiger partial charge in [-0.3, -0.25) is 0 Å². The number of aromatic amines is 1. The van der Waals surface area contributed by atoms with Crippen molar-refractivity contribution in [2.24, 2.45) is 0 Å². The molecule has 0 radical (unpaired) electrons. The van der Waals surface area contributed by atoms with Gasteiger partial charge < -0.3 is 10.3 Å². The maximum Gasteiger partial charge on any atom is 0.0931 e. The van der Waals surface area contributed by atoms with Gasteiger partial charge >= 0.3 is 0 Å². The first kappa shape index (κ1) is 10.8. The van der Waals surface area contributed by atoms with Gasteiger partial charge in [0.15, 0.2) is 0 Å². The van der Waals surface area contributed by atoms with Crippen LogP contribution < -0.4 is 5.32 Å². The summed E-state index contributed by atoms with van der Waals surface area (Å²) in [5.74, 6) is 0. The van der Waals surface area contributed by atoms with Crippen molar-refractivity contribution in [1.29, 1.82) is 0 Å². The molecule has 2 aromatic rings. The smallest absolute Gasteiger partial charge is 0.0931 e. The van der Waals surface area contributed by atoms with Gasteiger partial charge in [0.05, 0.1) is 17.4 Å². The summed E-state index contributed by atoms with van der Waals surface area (Å²) in [6.07, 6.45) is 8.38. The molecule has 0 amide bonds. The van der Waals surface area contributed by atoms with Gasteiger partial charge in [-0.05, 0) is 43.5 Å². The number of nitrogens with one attached hydrogen (secondary N) is 2. The summed E-state index contributed by atoms with van der Waals surface area (Å²) in [5.41, 5.74) is 3.58. The molecule has 2 N–H and O–H groups in total. The van der Waals surface area contributed by atoms with E-state index in [9.17, 15) is 0 Å². The molecule has 0 spiro atoms. The first-order valence-corrected chi connectivity index (χ1v) is 6.57. The van der Waals surface area contributed by atoms with Crippen molar-refractivity contribution in [1.82, 2.24) is 15.3 Å². The second kappa shape index (κ2) is 4.88. The normalized spacial score (nSPS) is 16.9. The third-order valence-corrected chi connectivity index (χ3v) is 3.69. The van der Waals surface area contributed by atoms with Crippen LogP contribution in [0.25, 0.3) is 11.0 Å². The average molecular weight is 229 g/mol. The van der Waals surface area contributed by atoms with E-state index in [4.69, 9.17) is 0 Å². The van der Waals surface area contributed by atoms with Crippen molar-refractivity contribution in [3.8, 4) is 0 Å². The predicted molar refractivity (Wildman–Crippen MR) is 70.1 cm³/mol. The summed E-state index contributed by atoms with van der Waals surface area (Å²) in [7, 11) is 0. The molecule has 1 aliphatic rings. The molecule has 3 heteroatoms. The van der Waals surface area contributed by atoms with Crippen LogP contribution in [0.2, 0.25) is 0 Å². The lowest BCUT2D eigenvalue weighted by atomic mass is 10.1. The van der Waals surface area contributed by atoms with E-state index in [0.717, 1.165) is 30.0 Å². The van der Waals surface area contributed by atoms with Crippen LogP contribution in [0.4, 0.5) is 0 Å². The molecule has 17 heavy (non-hydrogen) atoms. The standard InChI is InChI=1S/C14H19N3/c1-2-4-12(3-1)15-8-7-11-5-6-13-14(9-11)17-10-16-13/h5-6,9-10,12,15H,1-4,7-8H2,(H,16,17). The first-order chi connectivity index (χ1) is 8.42. The van der Waals surface area contributed by atoms with Crippen LogP contribution in [0.1, 0.15) is 31.2 Å². The summed E-state index contributed by atoms with van der Waals surface area (Å²) in [6, 6.07) is 7.25. The molecule has 3 rings (SSSR count). The molecule has 0 saturated heterocycles. The predicted octanol–water partition coefficient (Wildman–Crippen LogP) is 2.64. The number of rotatable bonds is 4. The van der Waals surface area contributed by atoms with Crippen LogP contribution >= 0.6 is 0 Å². The molecule has 0 aliphatic heterocycles. The van der Waals surface area contributed by atoms with Crippen molar-refractivity contribution >= 4 is 11.0 Å². The number of benzene rings is 1. The zero-order valence-corrected chi connectivity index (χ0v) is 10.1. The quantitative estimate of drug-likeness (QED) is 0.846. The number of hydrogen-bond donors (Lipinski definition) is 2. The number of nitrogens with zero attached hydrogens (tertiary/aromatic N) is 1. The zero-order chi connectivity index (χ0) is 11.5. The lowest BCUT2D eigenvalue weighted by Crippen LogP contribution is -2.27. The van der Waals surface area contributed by atoms with Gasteiger partial charge in [0.2, 0.25) is 0 Å². The number of fused-ring (bicyclic) bond motifs is 1. The number of hydrogen-bond acceptors (Lipinski definition) is 2. The fraction of sp³-hybridized carbons (Fsp3) is 0.500. The fourth-order valence-electron chi connectivity index (χ4n) is 2.69. The number of aromatic nitrogens is 2. The van der Waals surface area contributed by atoms with E-state index < -0.39 is 0 Å². The highest BCUT2D eigenvalue weighted by atomic mass is 14.9. The molecule has 1 aromatic carbocycles. The minimum absolute atomic E-state index is 0.769. The summed E-state index contributed by atoms with van der Waals surface area (Å²) >= 11 is 0. The molecular formula is C14H19N3. The zero-order valence-electron chi connectivity index (χ0n) is 10.1. The maximum absolute atomic E-state index is 4.23. The third kappa shape index (κ3) is 2.50. The molecule has 1 fully saturated rings. The van der Waals surface area contributed by atoms with Crippen molar-refractivity contribution in [2.45, 2.75) is 38.1 Å². The van der Waals surface area contributed by atoms with E-state index >= 15 is 0 Å². The highest BCUT2D eigenvalue weighted by Gasteiger charge is 2.13. The summed E-state index contributed by atoms with van der Waals surface area (Å²) in [4.78, 5) is 7.39. The summed E-state index contributed by atoms with van der Waals surface area (Å²) in [5, 5.41) is 3.65. The Kier molecular flexibility index (Phi) is 3.10. The van der Waals surface area contributed by atoms with E-state index in [1.807, 2.05) is 0 Å². The van der Waals surface area contributed by atoms with Crippen molar-refractivity contribution in [3.05, 3.63) is 30.1 Å². The van der Waals surface area contributed by atoms with Crippen LogP contribution in [-0.2, 0) is 6.42 Å². The van der Waals surface area contributed by atoms with Gasteiger partial charge in [-0.1, -0.05) is 18.9 Å². The maximum atomic E-state index is 4.23. The van der Waals surface area contributed by atoms with E-state index in [-0.39, 0.29) is 0 Å². The molecule has 1 heterocycles. The van der Waals surface area contributed by atoms with Gasteiger partial charge in [-0.15, -0.1) is 0 Å². The Morgan fingerprint density at radius 1 is 1.29 bits per heavy atom. The third-order valence-electron chi connectivity index (χ3n) is 3.69. The van der Waals surface area contributed by atoms with Crippen molar-refractivity contribution < 1.29 is 0 Å². The Balaban J connectivity index is 1.56. The minimum Gasteiger partial charge on any atom is -0.345 e. The molecule has 1 aromatic heterocycles. The number of imidazole rings is 1.